The van der Waals surface area contributed by atoms with Gasteiger partial charge in [-0.1, -0.05) is 36.4 Å². The fraction of sp³-hybridized carbons (Fsp3) is 0.235. The second kappa shape index (κ2) is 5.97. The number of anilines is 1. The van der Waals surface area contributed by atoms with Gasteiger partial charge in [0, 0.05) is 13.1 Å². The Kier molecular flexibility index (Phi) is 3.88. The lowest BCUT2D eigenvalue weighted by Gasteiger charge is -2.15. The molecular formula is C17H18N2O2. The first-order chi connectivity index (χ1) is 10.3. The maximum Gasteiger partial charge on any atom is 0.238 e. The molecule has 21 heavy (non-hydrogen) atoms. The number of rotatable bonds is 4. The lowest BCUT2D eigenvalue weighted by molar-refractivity contribution is -0.117. The van der Waals surface area contributed by atoms with Crippen LogP contribution in [0.2, 0.25) is 0 Å². The minimum absolute atomic E-state index is 0.0210. The summed E-state index contributed by atoms with van der Waals surface area (Å²) in [4.78, 5) is 14.3. The van der Waals surface area contributed by atoms with Crippen LogP contribution in [-0.2, 0) is 17.9 Å². The van der Waals surface area contributed by atoms with Crippen molar-refractivity contribution in [3.8, 4) is 5.75 Å². The predicted octanol–water partition coefficient (Wildman–Crippen LogP) is 2.65. The highest BCUT2D eigenvalue weighted by atomic mass is 16.5. The van der Waals surface area contributed by atoms with Crippen LogP contribution in [0.15, 0.2) is 48.5 Å². The molecule has 0 atom stereocenters. The van der Waals surface area contributed by atoms with E-state index in [1.165, 1.54) is 11.1 Å². The Balaban J connectivity index is 1.61. The monoisotopic (exact) mass is 282 g/mol. The molecule has 1 heterocycles. The fourth-order valence-corrected chi connectivity index (χ4v) is 2.66. The van der Waals surface area contributed by atoms with Gasteiger partial charge in [0.05, 0.1) is 19.3 Å². The van der Waals surface area contributed by atoms with Crippen molar-refractivity contribution in [1.82, 2.24) is 4.90 Å². The zero-order valence-electron chi connectivity index (χ0n) is 12.0. The van der Waals surface area contributed by atoms with Crippen molar-refractivity contribution in [1.29, 1.82) is 0 Å². The number of nitrogens with one attached hydrogen (secondary N) is 1. The van der Waals surface area contributed by atoms with Gasteiger partial charge in [0.25, 0.3) is 0 Å². The Hall–Kier alpha value is -2.33. The lowest BCUT2D eigenvalue weighted by atomic mass is 10.1. The molecule has 0 aromatic heterocycles. The number of hydrogen-bond acceptors (Lipinski definition) is 3. The second-order valence-electron chi connectivity index (χ2n) is 5.16. The molecule has 2 aromatic rings. The standard InChI is InChI=1S/C17H18N2O2/c1-21-16-9-5-4-8-15(16)18-17(20)12-19-10-13-6-2-3-7-14(13)11-19/h2-9H,10-12H2,1H3,(H,18,20). The third-order valence-corrected chi connectivity index (χ3v) is 3.65. The molecule has 1 aliphatic rings. The maximum absolute atomic E-state index is 12.2. The van der Waals surface area contributed by atoms with Crippen LogP contribution in [0.1, 0.15) is 11.1 Å². The Bertz CT molecular complexity index is 630. The molecule has 108 valence electrons. The minimum atomic E-state index is -0.0210. The largest absolute Gasteiger partial charge is 0.495 e. The number of benzene rings is 2. The number of nitrogens with zero attached hydrogens (tertiary/aromatic N) is 1. The topological polar surface area (TPSA) is 41.6 Å². The summed E-state index contributed by atoms with van der Waals surface area (Å²) in [5.41, 5.74) is 3.33. The molecule has 3 rings (SSSR count). The van der Waals surface area contributed by atoms with Gasteiger partial charge in [-0.15, -0.1) is 0 Å². The minimum Gasteiger partial charge on any atom is -0.495 e. The summed E-state index contributed by atoms with van der Waals surface area (Å²) in [7, 11) is 1.60. The van der Waals surface area contributed by atoms with Gasteiger partial charge in [0.1, 0.15) is 5.75 Å². The molecule has 4 nitrogen and oxygen atoms in total. The van der Waals surface area contributed by atoms with E-state index in [9.17, 15) is 4.79 Å². The fourth-order valence-electron chi connectivity index (χ4n) is 2.66. The molecule has 0 bridgehead atoms. The summed E-state index contributed by atoms with van der Waals surface area (Å²) >= 11 is 0. The summed E-state index contributed by atoms with van der Waals surface area (Å²) < 4.78 is 5.24. The summed E-state index contributed by atoms with van der Waals surface area (Å²) in [6.45, 7) is 2.04. The Morgan fingerprint density at radius 3 is 2.38 bits per heavy atom. The van der Waals surface area contributed by atoms with Gasteiger partial charge < -0.3 is 10.1 Å². The Labute approximate surface area is 124 Å². The van der Waals surface area contributed by atoms with Crippen LogP contribution in [0.25, 0.3) is 0 Å². The number of carbonyl (C=O) groups is 1. The highest BCUT2D eigenvalue weighted by molar-refractivity contribution is 5.93. The molecule has 1 N–H and O–H groups in total. The van der Waals surface area contributed by atoms with Crippen LogP contribution >= 0.6 is 0 Å². The van der Waals surface area contributed by atoms with E-state index in [4.69, 9.17) is 4.74 Å². The SMILES string of the molecule is COc1ccccc1NC(=O)CN1Cc2ccccc2C1. The molecule has 1 aliphatic heterocycles. The van der Waals surface area contributed by atoms with Crippen molar-refractivity contribution < 1.29 is 9.53 Å². The van der Waals surface area contributed by atoms with Gasteiger partial charge >= 0.3 is 0 Å². The summed E-state index contributed by atoms with van der Waals surface area (Å²) in [5, 5.41) is 2.91. The van der Waals surface area contributed by atoms with Crippen molar-refractivity contribution >= 4 is 11.6 Å². The third-order valence-electron chi connectivity index (χ3n) is 3.65. The Morgan fingerprint density at radius 2 is 1.71 bits per heavy atom. The van der Waals surface area contributed by atoms with Crippen molar-refractivity contribution in [2.24, 2.45) is 0 Å². The van der Waals surface area contributed by atoms with E-state index >= 15 is 0 Å². The number of ether oxygens (including phenoxy) is 1. The number of para-hydroxylation sites is 2. The van der Waals surface area contributed by atoms with Gasteiger partial charge in [-0.25, -0.2) is 0 Å². The molecule has 0 radical (unpaired) electrons. The summed E-state index contributed by atoms with van der Waals surface area (Å²) in [5.74, 6) is 0.655. The van der Waals surface area contributed by atoms with Crippen LogP contribution in [0, 0.1) is 0 Å². The van der Waals surface area contributed by atoms with Crippen molar-refractivity contribution in [3.05, 3.63) is 59.7 Å². The van der Waals surface area contributed by atoms with E-state index in [1.807, 2.05) is 36.4 Å². The zero-order valence-corrected chi connectivity index (χ0v) is 12.0. The third kappa shape index (κ3) is 3.06. The van der Waals surface area contributed by atoms with Crippen molar-refractivity contribution in [3.63, 3.8) is 0 Å². The van der Waals surface area contributed by atoms with Gasteiger partial charge in [-0.2, -0.15) is 0 Å². The number of hydrogen-bond donors (Lipinski definition) is 1. The molecule has 0 aliphatic carbocycles. The summed E-state index contributed by atoms with van der Waals surface area (Å²) in [6, 6.07) is 15.8. The van der Waals surface area contributed by atoms with E-state index in [0.29, 0.717) is 18.0 Å². The predicted molar refractivity (Wildman–Crippen MR) is 82.2 cm³/mol. The average Bonchev–Trinajstić information content (AvgIpc) is 2.89. The first kappa shape index (κ1) is 13.6. The van der Waals surface area contributed by atoms with Gasteiger partial charge in [-0.05, 0) is 23.3 Å². The molecule has 2 aromatic carbocycles. The molecule has 0 unspecified atom stereocenters. The molecule has 0 spiro atoms. The van der Waals surface area contributed by atoms with Crippen LogP contribution < -0.4 is 10.1 Å². The van der Waals surface area contributed by atoms with E-state index in [2.05, 4.69) is 22.3 Å². The maximum atomic E-state index is 12.2. The van der Waals surface area contributed by atoms with Crippen LogP contribution in [-0.4, -0.2) is 24.5 Å². The molecule has 0 fully saturated rings. The normalized spacial score (nSPS) is 13.8. The lowest BCUT2D eigenvalue weighted by Crippen LogP contribution is -2.29. The molecule has 0 saturated carbocycles. The van der Waals surface area contributed by atoms with Gasteiger partial charge in [0.15, 0.2) is 0 Å². The van der Waals surface area contributed by atoms with E-state index in [1.54, 1.807) is 7.11 Å². The molecule has 0 saturated heterocycles. The molecule has 1 amide bonds. The zero-order chi connectivity index (χ0) is 14.7. The average molecular weight is 282 g/mol. The molecule has 4 heteroatoms. The van der Waals surface area contributed by atoms with Crippen LogP contribution in [0.3, 0.4) is 0 Å². The van der Waals surface area contributed by atoms with Crippen molar-refractivity contribution in [2.75, 3.05) is 19.0 Å². The van der Waals surface area contributed by atoms with Crippen LogP contribution in [0.5, 0.6) is 5.75 Å². The summed E-state index contributed by atoms with van der Waals surface area (Å²) in [6.07, 6.45) is 0. The van der Waals surface area contributed by atoms with Gasteiger partial charge in [0.2, 0.25) is 5.91 Å². The van der Waals surface area contributed by atoms with E-state index in [0.717, 1.165) is 13.1 Å². The first-order valence-electron chi connectivity index (χ1n) is 6.98. The van der Waals surface area contributed by atoms with Crippen LogP contribution in [0.4, 0.5) is 5.69 Å². The highest BCUT2D eigenvalue weighted by Crippen LogP contribution is 2.24. The van der Waals surface area contributed by atoms with Crippen molar-refractivity contribution in [2.45, 2.75) is 13.1 Å². The highest BCUT2D eigenvalue weighted by Gasteiger charge is 2.20. The number of fused-ring (bicyclic) bond motifs is 1. The second-order valence-corrected chi connectivity index (χ2v) is 5.16. The first-order valence-corrected chi connectivity index (χ1v) is 6.98. The Morgan fingerprint density at radius 1 is 1.10 bits per heavy atom. The van der Waals surface area contributed by atoms with E-state index in [-0.39, 0.29) is 5.91 Å². The number of methoxy groups -OCH3 is 1. The molecular weight excluding hydrogens is 264 g/mol. The number of amides is 1. The quantitative estimate of drug-likeness (QED) is 0.937. The number of carbonyl (C=O) groups excluding carboxylic acids is 1. The van der Waals surface area contributed by atoms with E-state index < -0.39 is 0 Å². The smallest absolute Gasteiger partial charge is 0.238 e. The van der Waals surface area contributed by atoms with Gasteiger partial charge in [-0.3, -0.25) is 9.69 Å².